The van der Waals surface area contributed by atoms with E-state index in [-0.39, 0.29) is 6.04 Å². The maximum absolute atomic E-state index is 6.21. The molecule has 106 valence electrons. The summed E-state index contributed by atoms with van der Waals surface area (Å²) < 4.78 is 0. The lowest BCUT2D eigenvalue weighted by Crippen LogP contribution is -2.11. The predicted molar refractivity (Wildman–Crippen MR) is 85.2 cm³/mol. The summed E-state index contributed by atoms with van der Waals surface area (Å²) in [7, 11) is 0. The molecule has 3 rings (SSSR count). The van der Waals surface area contributed by atoms with Gasteiger partial charge in [0, 0.05) is 4.88 Å². The smallest absolute Gasteiger partial charge is 0.110 e. The van der Waals surface area contributed by atoms with Crippen molar-refractivity contribution in [1.82, 2.24) is 4.98 Å². The molecule has 0 saturated carbocycles. The zero-order valence-electron chi connectivity index (χ0n) is 12.0. The Labute approximate surface area is 125 Å². The average Bonchev–Trinajstić information content (AvgIpc) is 2.91. The molecule has 0 aliphatic heterocycles. The third-order valence-electron chi connectivity index (χ3n) is 4.14. The van der Waals surface area contributed by atoms with Gasteiger partial charge in [0.2, 0.25) is 0 Å². The zero-order valence-corrected chi connectivity index (χ0v) is 12.8. The van der Waals surface area contributed by atoms with Gasteiger partial charge in [-0.15, -0.1) is 11.3 Å². The summed E-state index contributed by atoms with van der Waals surface area (Å²) in [5.41, 5.74) is 8.98. The van der Waals surface area contributed by atoms with Crippen LogP contribution in [0.1, 0.15) is 59.3 Å². The molecular weight excluding hydrogens is 264 g/mol. The van der Waals surface area contributed by atoms with E-state index >= 15 is 0 Å². The molecule has 1 aromatic carbocycles. The summed E-state index contributed by atoms with van der Waals surface area (Å²) in [4.78, 5) is 6.26. The minimum Gasteiger partial charge on any atom is -0.322 e. The molecular formula is C17H22N2S. The van der Waals surface area contributed by atoms with Crippen LogP contribution in [-0.4, -0.2) is 4.98 Å². The number of rotatable bonds is 4. The topological polar surface area (TPSA) is 38.9 Å². The predicted octanol–water partition coefficient (Wildman–Crippen LogP) is 4.22. The van der Waals surface area contributed by atoms with Gasteiger partial charge in [0.15, 0.2) is 0 Å². The summed E-state index contributed by atoms with van der Waals surface area (Å²) in [5.74, 6) is 0.652. The number of aromatic nitrogens is 1. The van der Waals surface area contributed by atoms with Crippen molar-refractivity contribution < 1.29 is 0 Å². The summed E-state index contributed by atoms with van der Waals surface area (Å²) in [6.45, 7) is 2.18. The van der Waals surface area contributed by atoms with Crippen LogP contribution in [0.25, 0.3) is 0 Å². The lowest BCUT2D eigenvalue weighted by molar-refractivity contribution is 0.580. The standard InChI is InChI=1S/C17H22N2S/c1-2-6-14(18)17-19-15-10-9-13(11-16(15)20-17)12-7-4-3-5-8-12/h3-5,7-8,13-14H,2,6,9-11,18H2,1H3. The van der Waals surface area contributed by atoms with Crippen LogP contribution >= 0.6 is 11.3 Å². The van der Waals surface area contributed by atoms with Gasteiger partial charge in [-0.1, -0.05) is 43.7 Å². The Morgan fingerprint density at radius 2 is 2.15 bits per heavy atom. The highest BCUT2D eigenvalue weighted by Crippen LogP contribution is 2.36. The van der Waals surface area contributed by atoms with Gasteiger partial charge in [0.25, 0.3) is 0 Å². The molecule has 2 aromatic rings. The van der Waals surface area contributed by atoms with Crippen LogP contribution in [0.5, 0.6) is 0 Å². The highest BCUT2D eigenvalue weighted by atomic mass is 32.1. The largest absolute Gasteiger partial charge is 0.322 e. The van der Waals surface area contributed by atoms with Crippen LogP contribution in [0.2, 0.25) is 0 Å². The van der Waals surface area contributed by atoms with Crippen LogP contribution in [0.15, 0.2) is 30.3 Å². The number of nitrogens with two attached hydrogens (primary N) is 1. The number of fused-ring (bicyclic) bond motifs is 1. The molecule has 2 N–H and O–H groups in total. The highest BCUT2D eigenvalue weighted by Gasteiger charge is 2.24. The Balaban J connectivity index is 1.78. The Morgan fingerprint density at radius 1 is 1.35 bits per heavy atom. The van der Waals surface area contributed by atoms with Gasteiger partial charge in [0.05, 0.1) is 11.7 Å². The molecule has 0 fully saturated rings. The molecule has 2 atom stereocenters. The van der Waals surface area contributed by atoms with Gasteiger partial charge < -0.3 is 5.73 Å². The van der Waals surface area contributed by atoms with Crippen molar-refractivity contribution in [2.24, 2.45) is 5.73 Å². The molecule has 1 heterocycles. The molecule has 20 heavy (non-hydrogen) atoms. The number of hydrogen-bond donors (Lipinski definition) is 1. The van der Waals surface area contributed by atoms with E-state index in [2.05, 4.69) is 37.3 Å². The first kappa shape index (κ1) is 13.8. The van der Waals surface area contributed by atoms with E-state index in [4.69, 9.17) is 10.7 Å². The van der Waals surface area contributed by atoms with E-state index in [0.717, 1.165) is 30.7 Å². The van der Waals surface area contributed by atoms with E-state index < -0.39 is 0 Å². The van der Waals surface area contributed by atoms with E-state index in [9.17, 15) is 0 Å². The minimum absolute atomic E-state index is 0.130. The lowest BCUT2D eigenvalue weighted by atomic mass is 9.85. The fraction of sp³-hybridized carbons (Fsp3) is 0.471. The third-order valence-corrected chi connectivity index (χ3v) is 5.40. The lowest BCUT2D eigenvalue weighted by Gasteiger charge is -2.21. The quantitative estimate of drug-likeness (QED) is 0.914. The fourth-order valence-electron chi connectivity index (χ4n) is 3.00. The Morgan fingerprint density at radius 3 is 2.90 bits per heavy atom. The maximum atomic E-state index is 6.21. The van der Waals surface area contributed by atoms with Crippen LogP contribution < -0.4 is 5.73 Å². The monoisotopic (exact) mass is 286 g/mol. The Bertz CT molecular complexity index is 562. The first-order valence-electron chi connectivity index (χ1n) is 7.57. The number of nitrogens with zero attached hydrogens (tertiary/aromatic N) is 1. The van der Waals surface area contributed by atoms with Crippen molar-refractivity contribution in [3.8, 4) is 0 Å². The Kier molecular flexibility index (Phi) is 4.18. The molecule has 1 aromatic heterocycles. The second-order valence-corrected chi connectivity index (χ2v) is 6.78. The second kappa shape index (κ2) is 6.06. The number of thiazole rings is 1. The molecule has 2 nitrogen and oxygen atoms in total. The number of aryl methyl sites for hydroxylation is 1. The van der Waals surface area contributed by atoms with Crippen molar-refractivity contribution in [1.29, 1.82) is 0 Å². The van der Waals surface area contributed by atoms with Crippen molar-refractivity contribution in [3.05, 3.63) is 51.5 Å². The average molecular weight is 286 g/mol. The van der Waals surface area contributed by atoms with Gasteiger partial charge in [-0.05, 0) is 37.2 Å². The molecule has 1 aliphatic carbocycles. The summed E-state index contributed by atoms with van der Waals surface area (Å²) in [6, 6.07) is 11.0. The SMILES string of the molecule is CCCC(N)c1nc2c(s1)CC(c1ccccc1)CC2. The molecule has 0 saturated heterocycles. The van der Waals surface area contributed by atoms with Crippen molar-refractivity contribution >= 4 is 11.3 Å². The molecule has 3 heteroatoms. The second-order valence-electron chi connectivity index (χ2n) is 5.67. The molecule has 0 bridgehead atoms. The third kappa shape index (κ3) is 2.79. The first-order chi connectivity index (χ1) is 9.78. The van der Waals surface area contributed by atoms with Crippen LogP contribution in [-0.2, 0) is 12.8 Å². The molecule has 0 spiro atoms. The molecule has 0 radical (unpaired) electrons. The molecule has 2 unspecified atom stereocenters. The highest BCUT2D eigenvalue weighted by molar-refractivity contribution is 7.11. The zero-order chi connectivity index (χ0) is 13.9. The van der Waals surface area contributed by atoms with Crippen LogP contribution in [0, 0.1) is 0 Å². The van der Waals surface area contributed by atoms with Gasteiger partial charge in [-0.25, -0.2) is 4.98 Å². The normalized spacial score (nSPS) is 19.6. The van der Waals surface area contributed by atoms with Crippen molar-refractivity contribution in [2.75, 3.05) is 0 Å². The summed E-state index contributed by atoms with van der Waals surface area (Å²) in [5, 5.41) is 1.14. The van der Waals surface area contributed by atoms with Crippen LogP contribution in [0.4, 0.5) is 0 Å². The van der Waals surface area contributed by atoms with E-state index in [0.29, 0.717) is 5.92 Å². The fourth-order valence-corrected chi connectivity index (χ4v) is 4.23. The van der Waals surface area contributed by atoms with Crippen molar-refractivity contribution in [3.63, 3.8) is 0 Å². The van der Waals surface area contributed by atoms with Gasteiger partial charge >= 0.3 is 0 Å². The van der Waals surface area contributed by atoms with Gasteiger partial charge in [0.1, 0.15) is 5.01 Å². The Hall–Kier alpha value is -1.19. The number of hydrogen-bond acceptors (Lipinski definition) is 3. The summed E-state index contributed by atoms with van der Waals surface area (Å²) in [6.07, 6.45) is 5.61. The van der Waals surface area contributed by atoms with E-state index in [1.165, 1.54) is 22.6 Å². The maximum Gasteiger partial charge on any atom is 0.110 e. The van der Waals surface area contributed by atoms with E-state index in [1.54, 1.807) is 0 Å². The van der Waals surface area contributed by atoms with Gasteiger partial charge in [-0.2, -0.15) is 0 Å². The number of benzene rings is 1. The van der Waals surface area contributed by atoms with E-state index in [1.807, 2.05) is 11.3 Å². The summed E-state index contributed by atoms with van der Waals surface area (Å²) >= 11 is 1.85. The minimum atomic E-state index is 0.130. The van der Waals surface area contributed by atoms with Gasteiger partial charge in [-0.3, -0.25) is 0 Å². The first-order valence-corrected chi connectivity index (χ1v) is 8.38. The van der Waals surface area contributed by atoms with Crippen LogP contribution in [0.3, 0.4) is 0 Å². The molecule has 0 amide bonds. The molecule has 1 aliphatic rings. The van der Waals surface area contributed by atoms with Crippen molar-refractivity contribution in [2.45, 2.75) is 51.0 Å².